The van der Waals surface area contributed by atoms with E-state index in [1.807, 2.05) is 31.2 Å². The van der Waals surface area contributed by atoms with Gasteiger partial charge in [0.1, 0.15) is 12.0 Å². The highest BCUT2D eigenvalue weighted by molar-refractivity contribution is 5.94. The lowest BCUT2D eigenvalue weighted by Gasteiger charge is -2.57. The Kier molecular flexibility index (Phi) is 3.92. The van der Waals surface area contributed by atoms with Crippen LogP contribution in [0.3, 0.4) is 0 Å². The summed E-state index contributed by atoms with van der Waals surface area (Å²) >= 11 is 0. The molecule has 0 spiro atoms. The first-order valence-corrected chi connectivity index (χ1v) is 11.1. The zero-order valence-electron chi connectivity index (χ0n) is 17.4. The molecule has 6 heteroatoms. The normalized spacial score (nSPS) is 29.3. The van der Waals surface area contributed by atoms with Gasteiger partial charge < -0.3 is 16.4 Å². The van der Waals surface area contributed by atoms with Crippen molar-refractivity contribution in [2.45, 2.75) is 51.0 Å². The van der Waals surface area contributed by atoms with Crippen LogP contribution in [0, 0.1) is 24.7 Å². The molecule has 0 saturated heterocycles. The van der Waals surface area contributed by atoms with Crippen molar-refractivity contribution in [2.75, 3.05) is 16.4 Å². The van der Waals surface area contributed by atoms with Gasteiger partial charge in [0, 0.05) is 22.3 Å². The van der Waals surface area contributed by atoms with Crippen LogP contribution in [0.1, 0.15) is 44.2 Å². The molecule has 0 radical (unpaired) electrons. The number of hydrogen-bond acceptors (Lipinski definition) is 6. The molecule has 0 aliphatic heterocycles. The summed E-state index contributed by atoms with van der Waals surface area (Å²) in [4.78, 5) is 13.6. The third-order valence-electron chi connectivity index (χ3n) is 7.43. The third-order valence-corrected chi connectivity index (χ3v) is 7.43. The van der Waals surface area contributed by atoms with E-state index in [1.54, 1.807) is 6.33 Å². The number of pyridine rings is 1. The number of hydrogen-bond donors (Lipinski definition) is 3. The molecule has 6 nitrogen and oxygen atoms in total. The second kappa shape index (κ2) is 6.56. The van der Waals surface area contributed by atoms with E-state index in [0.717, 1.165) is 45.9 Å². The van der Waals surface area contributed by atoms with Crippen LogP contribution in [0.4, 0.5) is 23.0 Å². The molecule has 3 aromatic rings. The Morgan fingerprint density at radius 3 is 2.37 bits per heavy atom. The maximum absolute atomic E-state index is 6.56. The molecular formula is C24H28N6. The maximum Gasteiger partial charge on any atom is 0.159 e. The molecular weight excluding hydrogens is 372 g/mol. The minimum atomic E-state index is 0.162. The Labute approximate surface area is 176 Å². The lowest BCUT2D eigenvalue weighted by molar-refractivity contribution is 0.0106. The molecule has 4 bridgehead atoms. The van der Waals surface area contributed by atoms with Crippen LogP contribution in [-0.2, 0) is 0 Å². The number of nitrogens with one attached hydrogen (secondary N) is 2. The van der Waals surface area contributed by atoms with Gasteiger partial charge in [-0.1, -0.05) is 6.07 Å². The van der Waals surface area contributed by atoms with Gasteiger partial charge in [0.25, 0.3) is 0 Å². The Bertz CT molecular complexity index is 1090. The minimum absolute atomic E-state index is 0.162. The highest BCUT2D eigenvalue weighted by Gasteiger charge is 2.51. The summed E-state index contributed by atoms with van der Waals surface area (Å²) in [5.74, 6) is 4.03. The molecule has 0 atom stereocenters. The smallest absolute Gasteiger partial charge is 0.159 e. The molecule has 1 aromatic carbocycles. The third kappa shape index (κ3) is 2.97. The van der Waals surface area contributed by atoms with Gasteiger partial charge in [-0.2, -0.15) is 0 Å². The molecule has 30 heavy (non-hydrogen) atoms. The lowest BCUT2D eigenvalue weighted by atomic mass is 9.53. The summed E-state index contributed by atoms with van der Waals surface area (Å²) < 4.78 is 0. The summed E-state index contributed by atoms with van der Waals surface area (Å²) in [6.07, 6.45) is 9.61. The van der Waals surface area contributed by atoms with E-state index in [2.05, 4.69) is 31.7 Å². The van der Waals surface area contributed by atoms with Crippen molar-refractivity contribution in [2.24, 2.45) is 17.8 Å². The molecule has 7 rings (SSSR count). The predicted molar refractivity (Wildman–Crippen MR) is 121 cm³/mol. The highest BCUT2D eigenvalue weighted by atomic mass is 15.1. The van der Waals surface area contributed by atoms with Gasteiger partial charge in [-0.05, 0) is 87.5 Å². The van der Waals surface area contributed by atoms with Gasteiger partial charge in [-0.3, -0.25) is 4.98 Å². The lowest BCUT2D eigenvalue weighted by Crippen LogP contribution is -2.55. The molecule has 2 aromatic heterocycles. The van der Waals surface area contributed by atoms with Gasteiger partial charge in [0.2, 0.25) is 0 Å². The molecule has 154 valence electrons. The Hall–Kier alpha value is -2.89. The first-order valence-electron chi connectivity index (χ1n) is 11.1. The van der Waals surface area contributed by atoms with Gasteiger partial charge in [0.15, 0.2) is 11.6 Å². The van der Waals surface area contributed by atoms with Crippen LogP contribution < -0.4 is 16.4 Å². The number of aryl methyl sites for hydroxylation is 1. The summed E-state index contributed by atoms with van der Waals surface area (Å²) in [6, 6.07) is 10.2. The van der Waals surface area contributed by atoms with Gasteiger partial charge in [-0.25, -0.2) is 9.97 Å². The van der Waals surface area contributed by atoms with E-state index in [9.17, 15) is 0 Å². The van der Waals surface area contributed by atoms with Crippen LogP contribution in [0.25, 0.3) is 10.9 Å². The summed E-state index contributed by atoms with van der Waals surface area (Å²) in [5, 5.41) is 8.28. The first-order chi connectivity index (χ1) is 14.6. The fraction of sp³-hybridized carbons (Fsp3) is 0.458. The largest absolute Gasteiger partial charge is 0.393 e. The number of nitrogens with zero attached hydrogens (tertiary/aromatic N) is 3. The number of nitrogens with two attached hydrogens (primary N) is 1. The average molecular weight is 401 g/mol. The molecule has 4 aliphatic rings. The molecule has 0 unspecified atom stereocenters. The van der Waals surface area contributed by atoms with Crippen LogP contribution in [0.5, 0.6) is 0 Å². The first kappa shape index (κ1) is 17.9. The highest BCUT2D eigenvalue weighted by Crippen LogP contribution is 2.56. The summed E-state index contributed by atoms with van der Waals surface area (Å²) in [6.45, 7) is 2.00. The fourth-order valence-electron chi connectivity index (χ4n) is 6.60. The molecule has 4 fully saturated rings. The predicted octanol–water partition coefficient (Wildman–Crippen LogP) is 5.04. The summed E-state index contributed by atoms with van der Waals surface area (Å²) in [7, 11) is 0. The second-order valence-corrected chi connectivity index (χ2v) is 9.76. The van der Waals surface area contributed by atoms with Gasteiger partial charge in [0.05, 0.1) is 5.52 Å². The van der Waals surface area contributed by atoms with Crippen LogP contribution >= 0.6 is 0 Å². The van der Waals surface area contributed by atoms with Crippen molar-refractivity contribution in [3.63, 3.8) is 0 Å². The Balaban J connectivity index is 1.31. The topological polar surface area (TPSA) is 88.8 Å². The van der Waals surface area contributed by atoms with E-state index in [4.69, 9.17) is 5.73 Å². The summed E-state index contributed by atoms with van der Waals surface area (Å²) in [5.41, 5.74) is 10.2. The van der Waals surface area contributed by atoms with Gasteiger partial charge in [-0.15, -0.1) is 0 Å². The van der Waals surface area contributed by atoms with E-state index >= 15 is 0 Å². The monoisotopic (exact) mass is 400 g/mol. The van der Waals surface area contributed by atoms with Crippen molar-refractivity contribution in [1.29, 1.82) is 0 Å². The van der Waals surface area contributed by atoms with E-state index in [0.29, 0.717) is 11.5 Å². The van der Waals surface area contributed by atoms with Gasteiger partial charge >= 0.3 is 0 Å². The standard InChI is InChI=1S/C24H28N6/c1-14-5-6-18-19(28-14)3-2-4-20(18)29-22-21(25)23(27-13-26-22)30-24-10-15-7-16(11-24)9-17(8-15)12-24/h2-6,13,15-17H,7-12,25H2,1H3,(H2,26,27,29,30). The van der Waals surface area contributed by atoms with Crippen molar-refractivity contribution in [3.8, 4) is 0 Å². The number of benzene rings is 1. The van der Waals surface area contributed by atoms with Crippen LogP contribution in [0.2, 0.25) is 0 Å². The maximum atomic E-state index is 6.56. The fourth-order valence-corrected chi connectivity index (χ4v) is 6.60. The zero-order chi connectivity index (χ0) is 20.3. The van der Waals surface area contributed by atoms with E-state index < -0.39 is 0 Å². The molecule has 4 saturated carbocycles. The van der Waals surface area contributed by atoms with Crippen LogP contribution in [0.15, 0.2) is 36.7 Å². The quantitative estimate of drug-likeness (QED) is 0.569. The zero-order valence-corrected chi connectivity index (χ0v) is 17.4. The van der Waals surface area contributed by atoms with Crippen LogP contribution in [-0.4, -0.2) is 20.5 Å². The van der Waals surface area contributed by atoms with Crippen molar-refractivity contribution >= 4 is 33.9 Å². The number of nitrogen functional groups attached to an aromatic ring is 1. The van der Waals surface area contributed by atoms with E-state index in [1.165, 1.54) is 38.5 Å². The van der Waals surface area contributed by atoms with Crippen molar-refractivity contribution in [1.82, 2.24) is 15.0 Å². The SMILES string of the molecule is Cc1ccc2c(Nc3ncnc(NC45CC6CC(CC(C6)C4)C5)c3N)cccc2n1. The van der Waals surface area contributed by atoms with E-state index in [-0.39, 0.29) is 5.54 Å². The molecule has 0 amide bonds. The Morgan fingerprint density at radius 1 is 0.933 bits per heavy atom. The second-order valence-electron chi connectivity index (χ2n) is 9.76. The molecule has 4 aliphatic carbocycles. The van der Waals surface area contributed by atoms with Crippen molar-refractivity contribution in [3.05, 3.63) is 42.4 Å². The Morgan fingerprint density at radius 2 is 1.63 bits per heavy atom. The average Bonchev–Trinajstić information content (AvgIpc) is 2.70. The number of aromatic nitrogens is 3. The van der Waals surface area contributed by atoms with Crippen molar-refractivity contribution < 1.29 is 0 Å². The molecule has 2 heterocycles. The number of fused-ring (bicyclic) bond motifs is 1. The number of anilines is 4. The number of rotatable bonds is 4. The minimum Gasteiger partial charge on any atom is -0.393 e. The molecule has 4 N–H and O–H groups in total.